The van der Waals surface area contributed by atoms with Crippen LogP contribution in [0.15, 0.2) is 24.3 Å². The van der Waals surface area contributed by atoms with Crippen LogP contribution in [0, 0.1) is 6.92 Å². The molecule has 0 bridgehead atoms. The van der Waals surface area contributed by atoms with Crippen molar-refractivity contribution in [2.75, 3.05) is 6.61 Å². The van der Waals surface area contributed by atoms with Crippen LogP contribution in [0.2, 0.25) is 0 Å². The molecule has 0 heterocycles. The van der Waals surface area contributed by atoms with E-state index < -0.39 is 0 Å². The summed E-state index contributed by atoms with van der Waals surface area (Å²) in [6.07, 6.45) is 3.61. The highest BCUT2D eigenvalue weighted by Gasteiger charge is 2.12. The summed E-state index contributed by atoms with van der Waals surface area (Å²) in [6, 6.07) is 8.27. The zero-order chi connectivity index (χ0) is 12.0. The Morgan fingerprint density at radius 2 is 1.75 bits per heavy atom. The van der Waals surface area contributed by atoms with E-state index in [1.807, 2.05) is 12.1 Å². The van der Waals surface area contributed by atoms with Crippen molar-refractivity contribution in [3.8, 4) is 5.75 Å². The van der Waals surface area contributed by atoms with Crippen molar-refractivity contribution in [2.45, 2.75) is 45.4 Å². The molecule has 1 aromatic carbocycles. The molecule has 0 aliphatic heterocycles. The number of ether oxygens (including phenoxy) is 1. The molecule has 1 radical (unpaired) electrons. The Bertz CT molecular complexity index is 292. The Morgan fingerprint density at radius 3 is 2.25 bits per heavy atom. The monoisotopic (exact) mass is 219 g/mol. The molecule has 0 atom stereocenters. The fourth-order valence-corrected chi connectivity index (χ4v) is 1.54. The van der Waals surface area contributed by atoms with Gasteiger partial charge in [-0.25, -0.2) is 0 Å². The van der Waals surface area contributed by atoms with E-state index in [0.29, 0.717) is 0 Å². The zero-order valence-electron chi connectivity index (χ0n) is 10.8. The molecule has 0 aromatic heterocycles. The minimum absolute atomic E-state index is 0.0270. The Morgan fingerprint density at radius 1 is 1.12 bits per heavy atom. The normalized spacial score (nSPS) is 11.5. The standard InChI is InChI=1S/C15H23O/c1-5-6-7-12-16-14-10-8-13(9-11-14)15(2,3)4/h8-11H,2,5-7,12H2,1,3-4H3. The van der Waals surface area contributed by atoms with Crippen LogP contribution in [0.4, 0.5) is 0 Å². The van der Waals surface area contributed by atoms with Gasteiger partial charge in [-0.3, -0.25) is 0 Å². The minimum Gasteiger partial charge on any atom is -0.494 e. The lowest BCUT2D eigenvalue weighted by atomic mass is 9.87. The van der Waals surface area contributed by atoms with Crippen molar-refractivity contribution in [1.29, 1.82) is 0 Å². The van der Waals surface area contributed by atoms with Gasteiger partial charge in [-0.15, -0.1) is 0 Å². The fourth-order valence-electron chi connectivity index (χ4n) is 1.54. The number of rotatable bonds is 6. The number of hydrogen-bond donors (Lipinski definition) is 0. The quantitative estimate of drug-likeness (QED) is 0.646. The molecule has 1 nitrogen and oxygen atoms in total. The van der Waals surface area contributed by atoms with Crippen molar-refractivity contribution >= 4 is 0 Å². The second kappa shape index (κ2) is 5.93. The van der Waals surface area contributed by atoms with E-state index in [9.17, 15) is 0 Å². The average molecular weight is 219 g/mol. The van der Waals surface area contributed by atoms with Crippen molar-refractivity contribution in [2.24, 2.45) is 0 Å². The maximum Gasteiger partial charge on any atom is 0.119 e. The van der Waals surface area contributed by atoms with Crippen LogP contribution in [-0.4, -0.2) is 6.61 Å². The predicted octanol–water partition coefficient (Wildman–Crippen LogP) is 4.37. The van der Waals surface area contributed by atoms with Crippen LogP contribution in [0.1, 0.15) is 45.6 Å². The number of hydrogen-bond acceptors (Lipinski definition) is 1. The summed E-state index contributed by atoms with van der Waals surface area (Å²) in [4.78, 5) is 0. The van der Waals surface area contributed by atoms with Crippen molar-refractivity contribution in [1.82, 2.24) is 0 Å². The second-order valence-electron chi connectivity index (χ2n) is 4.96. The maximum absolute atomic E-state index is 5.66. The Labute approximate surface area is 99.8 Å². The molecule has 1 heteroatoms. The lowest BCUT2D eigenvalue weighted by Gasteiger charge is -2.18. The van der Waals surface area contributed by atoms with E-state index >= 15 is 0 Å². The lowest BCUT2D eigenvalue weighted by molar-refractivity contribution is 0.306. The van der Waals surface area contributed by atoms with Crippen molar-refractivity contribution < 1.29 is 4.74 Å². The van der Waals surface area contributed by atoms with Gasteiger partial charge in [0.2, 0.25) is 0 Å². The highest BCUT2D eigenvalue weighted by Crippen LogP contribution is 2.23. The Kier molecular flexibility index (Phi) is 4.85. The minimum atomic E-state index is -0.0270. The molecule has 0 N–H and O–H groups in total. The smallest absolute Gasteiger partial charge is 0.119 e. The summed E-state index contributed by atoms with van der Waals surface area (Å²) >= 11 is 0. The van der Waals surface area contributed by atoms with Crippen LogP contribution < -0.4 is 4.74 Å². The molecule has 0 saturated heterocycles. The predicted molar refractivity (Wildman–Crippen MR) is 69.8 cm³/mol. The van der Waals surface area contributed by atoms with E-state index in [2.05, 4.69) is 39.8 Å². The summed E-state index contributed by atoms with van der Waals surface area (Å²) < 4.78 is 5.66. The third-order valence-electron chi connectivity index (χ3n) is 2.65. The van der Waals surface area contributed by atoms with Gasteiger partial charge in [0.25, 0.3) is 0 Å². The van der Waals surface area contributed by atoms with Gasteiger partial charge in [0.15, 0.2) is 0 Å². The molecule has 1 rings (SSSR count). The van der Waals surface area contributed by atoms with Crippen molar-refractivity contribution in [3.63, 3.8) is 0 Å². The molecule has 0 saturated carbocycles. The van der Waals surface area contributed by atoms with E-state index in [1.54, 1.807) is 0 Å². The first kappa shape index (κ1) is 13.1. The topological polar surface area (TPSA) is 9.23 Å². The van der Waals surface area contributed by atoms with Gasteiger partial charge in [0.05, 0.1) is 6.61 Å². The van der Waals surface area contributed by atoms with E-state index in [4.69, 9.17) is 4.74 Å². The van der Waals surface area contributed by atoms with Gasteiger partial charge in [-0.2, -0.15) is 0 Å². The molecule has 0 unspecified atom stereocenters. The molecule has 0 fully saturated rings. The first-order chi connectivity index (χ1) is 7.54. The van der Waals surface area contributed by atoms with Gasteiger partial charge in [-0.05, 0) is 36.5 Å². The molecular weight excluding hydrogens is 196 g/mol. The van der Waals surface area contributed by atoms with Crippen molar-refractivity contribution in [3.05, 3.63) is 36.8 Å². The number of unbranched alkanes of at least 4 members (excludes halogenated alkanes) is 2. The summed E-state index contributed by atoms with van der Waals surface area (Å²) in [5, 5.41) is 0. The highest BCUT2D eigenvalue weighted by molar-refractivity contribution is 5.32. The number of benzene rings is 1. The van der Waals surface area contributed by atoms with Gasteiger partial charge in [0, 0.05) is 0 Å². The lowest BCUT2D eigenvalue weighted by Crippen LogP contribution is -2.11. The summed E-state index contributed by atoms with van der Waals surface area (Å²) in [6.45, 7) is 11.4. The summed E-state index contributed by atoms with van der Waals surface area (Å²) in [5.41, 5.74) is 1.22. The third-order valence-corrected chi connectivity index (χ3v) is 2.65. The molecule has 0 spiro atoms. The van der Waals surface area contributed by atoms with E-state index in [0.717, 1.165) is 18.8 Å². The van der Waals surface area contributed by atoms with Crippen LogP contribution in [0.3, 0.4) is 0 Å². The third kappa shape index (κ3) is 4.26. The summed E-state index contributed by atoms with van der Waals surface area (Å²) in [5.74, 6) is 0.962. The molecule has 1 aromatic rings. The van der Waals surface area contributed by atoms with E-state index in [1.165, 1.54) is 18.4 Å². The molecule has 89 valence electrons. The molecule has 0 aliphatic rings. The first-order valence-electron chi connectivity index (χ1n) is 6.12. The molecule has 0 amide bonds. The average Bonchev–Trinajstić information content (AvgIpc) is 2.24. The second-order valence-corrected chi connectivity index (χ2v) is 4.96. The van der Waals surface area contributed by atoms with Crippen LogP contribution >= 0.6 is 0 Å². The zero-order valence-corrected chi connectivity index (χ0v) is 10.8. The SMILES string of the molecule is [CH2]C(C)(C)c1ccc(OCCCCC)cc1. The van der Waals surface area contributed by atoms with E-state index in [-0.39, 0.29) is 5.41 Å². The van der Waals surface area contributed by atoms with Gasteiger partial charge >= 0.3 is 0 Å². The van der Waals surface area contributed by atoms with Gasteiger partial charge in [-0.1, -0.05) is 45.7 Å². The van der Waals surface area contributed by atoms with Crippen LogP contribution in [0.25, 0.3) is 0 Å². The maximum atomic E-state index is 5.66. The van der Waals surface area contributed by atoms with Gasteiger partial charge in [0.1, 0.15) is 5.75 Å². The first-order valence-corrected chi connectivity index (χ1v) is 6.12. The summed E-state index contributed by atoms with van der Waals surface area (Å²) in [7, 11) is 0. The largest absolute Gasteiger partial charge is 0.494 e. The van der Waals surface area contributed by atoms with Gasteiger partial charge < -0.3 is 4.74 Å². The Hall–Kier alpha value is -0.980. The highest BCUT2D eigenvalue weighted by atomic mass is 16.5. The molecule has 16 heavy (non-hydrogen) atoms. The molecular formula is C15H23O. The Balaban J connectivity index is 2.46. The van der Waals surface area contributed by atoms with Crippen LogP contribution in [-0.2, 0) is 5.41 Å². The molecule has 0 aliphatic carbocycles. The fraction of sp³-hybridized carbons (Fsp3) is 0.533. The van der Waals surface area contributed by atoms with Crippen LogP contribution in [0.5, 0.6) is 5.75 Å².